The number of aromatic hydroxyl groups is 2. The van der Waals surface area contributed by atoms with Gasteiger partial charge in [0.15, 0.2) is 17.3 Å². The molecule has 24 heavy (non-hydrogen) atoms. The van der Waals surface area contributed by atoms with Crippen molar-refractivity contribution in [3.63, 3.8) is 0 Å². The molecule has 0 saturated heterocycles. The number of phenolic OH excluding ortho intramolecular Hbond substituents is 2. The van der Waals surface area contributed by atoms with Crippen molar-refractivity contribution in [3.05, 3.63) is 68.1 Å². The SMILES string of the molecule is C=C(C(=O)/C=C\c1cc(Cl)c(O)c(Cl)c1)c1cc(Cl)c(O)c(Cl)c1. The van der Waals surface area contributed by atoms with Crippen LogP contribution in [0.1, 0.15) is 11.1 Å². The summed E-state index contributed by atoms with van der Waals surface area (Å²) in [6, 6.07) is 5.71. The smallest absolute Gasteiger partial charge is 0.185 e. The number of benzene rings is 2. The van der Waals surface area contributed by atoms with Crippen molar-refractivity contribution < 1.29 is 15.0 Å². The Bertz CT molecular complexity index is 826. The molecule has 0 unspecified atom stereocenters. The molecule has 7 heteroatoms. The van der Waals surface area contributed by atoms with E-state index in [1.165, 1.54) is 36.4 Å². The number of hydrogen-bond donors (Lipinski definition) is 2. The molecule has 0 atom stereocenters. The average molecular weight is 404 g/mol. The van der Waals surface area contributed by atoms with Gasteiger partial charge in [0.25, 0.3) is 0 Å². The van der Waals surface area contributed by atoms with Crippen LogP contribution in [-0.2, 0) is 4.79 Å². The van der Waals surface area contributed by atoms with Crippen molar-refractivity contribution in [2.24, 2.45) is 0 Å². The highest BCUT2D eigenvalue weighted by molar-refractivity contribution is 6.38. The zero-order valence-electron chi connectivity index (χ0n) is 12.0. The standard InChI is InChI=1S/C17H10Cl4O3/c1-8(10-6-13(20)17(24)14(21)7-10)15(22)3-2-9-4-11(18)16(23)12(19)5-9/h2-7,23-24H,1H2/b3-2-. The first-order chi connectivity index (χ1) is 11.2. The van der Waals surface area contributed by atoms with Gasteiger partial charge in [-0.05, 0) is 41.5 Å². The predicted molar refractivity (Wildman–Crippen MR) is 99.3 cm³/mol. The number of hydrogen-bond acceptors (Lipinski definition) is 3. The molecule has 0 bridgehead atoms. The summed E-state index contributed by atoms with van der Waals surface area (Å²) in [5.74, 6) is -0.876. The molecule has 0 saturated carbocycles. The predicted octanol–water partition coefficient (Wildman–Crippen LogP) is 6.01. The second kappa shape index (κ2) is 7.49. The van der Waals surface area contributed by atoms with E-state index in [-0.39, 0.29) is 37.2 Å². The maximum absolute atomic E-state index is 12.2. The van der Waals surface area contributed by atoms with Crippen LogP contribution in [0.5, 0.6) is 11.5 Å². The molecule has 0 aliphatic heterocycles. The van der Waals surface area contributed by atoms with Crippen LogP contribution in [0.2, 0.25) is 20.1 Å². The van der Waals surface area contributed by atoms with E-state index in [2.05, 4.69) is 6.58 Å². The molecule has 2 aromatic rings. The van der Waals surface area contributed by atoms with Crippen LogP contribution in [0.3, 0.4) is 0 Å². The number of phenols is 2. The monoisotopic (exact) mass is 402 g/mol. The third-order valence-corrected chi connectivity index (χ3v) is 4.28. The number of halogens is 4. The van der Waals surface area contributed by atoms with Crippen molar-refractivity contribution in [2.75, 3.05) is 0 Å². The molecular weight excluding hydrogens is 394 g/mol. The first-order valence-electron chi connectivity index (χ1n) is 6.48. The summed E-state index contributed by atoms with van der Waals surface area (Å²) in [5, 5.41) is 19.2. The Morgan fingerprint density at radius 2 is 1.29 bits per heavy atom. The third kappa shape index (κ3) is 4.05. The fourth-order valence-electron chi connectivity index (χ4n) is 1.84. The molecule has 0 aliphatic carbocycles. The van der Waals surface area contributed by atoms with E-state index in [0.717, 1.165) is 0 Å². The summed E-state index contributed by atoms with van der Waals surface area (Å²) in [7, 11) is 0. The minimum absolute atomic E-state index is 0.0209. The number of rotatable bonds is 4. The summed E-state index contributed by atoms with van der Waals surface area (Å²) in [4.78, 5) is 12.2. The van der Waals surface area contributed by atoms with Crippen LogP contribution in [0.4, 0.5) is 0 Å². The molecule has 0 heterocycles. The lowest BCUT2D eigenvalue weighted by Gasteiger charge is -2.06. The van der Waals surface area contributed by atoms with E-state index in [1.807, 2.05) is 0 Å². The fraction of sp³-hybridized carbons (Fsp3) is 0. The summed E-state index contributed by atoms with van der Waals surface area (Å²) < 4.78 is 0. The number of carbonyl (C=O) groups excluding carboxylic acids is 1. The largest absolute Gasteiger partial charge is 0.505 e. The van der Waals surface area contributed by atoms with Crippen LogP contribution in [0.15, 0.2) is 36.9 Å². The lowest BCUT2D eigenvalue weighted by Crippen LogP contribution is -1.96. The maximum atomic E-state index is 12.2. The average Bonchev–Trinajstić information content (AvgIpc) is 2.53. The Morgan fingerprint density at radius 1 is 0.875 bits per heavy atom. The van der Waals surface area contributed by atoms with E-state index in [0.29, 0.717) is 11.1 Å². The second-order valence-corrected chi connectivity index (χ2v) is 6.43. The van der Waals surface area contributed by atoms with Crippen LogP contribution in [0.25, 0.3) is 11.6 Å². The van der Waals surface area contributed by atoms with Gasteiger partial charge in [-0.25, -0.2) is 0 Å². The zero-order chi connectivity index (χ0) is 18.0. The summed E-state index contributed by atoms with van der Waals surface area (Å²) in [6.07, 6.45) is 2.75. The zero-order valence-corrected chi connectivity index (χ0v) is 15.0. The van der Waals surface area contributed by atoms with E-state index < -0.39 is 5.78 Å². The van der Waals surface area contributed by atoms with Gasteiger partial charge in [0, 0.05) is 5.57 Å². The first-order valence-corrected chi connectivity index (χ1v) is 7.99. The van der Waals surface area contributed by atoms with Crippen LogP contribution in [0, 0.1) is 0 Å². The Kier molecular flexibility index (Phi) is 5.83. The molecule has 2 rings (SSSR count). The minimum atomic E-state index is -0.395. The van der Waals surface area contributed by atoms with Gasteiger partial charge in [-0.1, -0.05) is 59.1 Å². The first kappa shape index (κ1) is 18.7. The van der Waals surface area contributed by atoms with Gasteiger partial charge in [0.2, 0.25) is 0 Å². The molecule has 3 nitrogen and oxygen atoms in total. The molecular formula is C17H10Cl4O3. The molecule has 0 radical (unpaired) electrons. The third-order valence-electron chi connectivity index (χ3n) is 3.13. The van der Waals surface area contributed by atoms with Crippen LogP contribution in [-0.4, -0.2) is 16.0 Å². The van der Waals surface area contributed by atoms with E-state index in [1.54, 1.807) is 0 Å². The van der Waals surface area contributed by atoms with Gasteiger partial charge in [0.1, 0.15) is 0 Å². The van der Waals surface area contributed by atoms with Gasteiger partial charge < -0.3 is 10.2 Å². The molecule has 2 aromatic carbocycles. The van der Waals surface area contributed by atoms with Gasteiger partial charge in [-0.2, -0.15) is 0 Å². The van der Waals surface area contributed by atoms with Crippen molar-refractivity contribution >= 4 is 63.8 Å². The minimum Gasteiger partial charge on any atom is -0.505 e. The van der Waals surface area contributed by atoms with Crippen LogP contribution < -0.4 is 0 Å². The molecule has 0 fully saturated rings. The summed E-state index contributed by atoms with van der Waals surface area (Å²) >= 11 is 23.3. The Hall–Kier alpha value is -1.65. The molecule has 124 valence electrons. The van der Waals surface area contributed by atoms with Gasteiger partial charge >= 0.3 is 0 Å². The summed E-state index contributed by atoms with van der Waals surface area (Å²) in [5.41, 5.74) is 1.07. The molecule has 0 aromatic heterocycles. The van der Waals surface area contributed by atoms with E-state index >= 15 is 0 Å². The number of ketones is 1. The van der Waals surface area contributed by atoms with Crippen molar-refractivity contribution in [1.82, 2.24) is 0 Å². The quantitative estimate of drug-likeness (QED) is 0.614. The van der Waals surface area contributed by atoms with E-state index in [4.69, 9.17) is 46.4 Å². The summed E-state index contributed by atoms with van der Waals surface area (Å²) in [6.45, 7) is 3.71. The van der Waals surface area contributed by atoms with Crippen molar-refractivity contribution in [1.29, 1.82) is 0 Å². The molecule has 0 aliphatic rings. The number of allylic oxidation sites excluding steroid dienone is 2. The Balaban J connectivity index is 2.25. The van der Waals surface area contributed by atoms with Crippen molar-refractivity contribution in [2.45, 2.75) is 0 Å². The fourth-order valence-corrected chi connectivity index (χ4v) is 2.83. The second-order valence-electron chi connectivity index (χ2n) is 4.80. The van der Waals surface area contributed by atoms with Crippen molar-refractivity contribution in [3.8, 4) is 11.5 Å². The van der Waals surface area contributed by atoms with Crippen LogP contribution >= 0.6 is 46.4 Å². The van der Waals surface area contributed by atoms with Gasteiger partial charge in [-0.3, -0.25) is 4.79 Å². The van der Waals surface area contributed by atoms with E-state index in [9.17, 15) is 15.0 Å². The Labute approximate surface area is 158 Å². The molecule has 2 N–H and O–H groups in total. The highest BCUT2D eigenvalue weighted by Crippen LogP contribution is 2.35. The topological polar surface area (TPSA) is 57.5 Å². The van der Waals surface area contributed by atoms with Gasteiger partial charge in [0.05, 0.1) is 20.1 Å². The highest BCUT2D eigenvalue weighted by Gasteiger charge is 2.12. The normalized spacial score (nSPS) is 11.0. The number of carbonyl (C=O) groups is 1. The Morgan fingerprint density at radius 3 is 1.75 bits per heavy atom. The lowest BCUT2D eigenvalue weighted by atomic mass is 10.0. The molecule has 0 amide bonds. The van der Waals surface area contributed by atoms with Gasteiger partial charge in [-0.15, -0.1) is 0 Å². The lowest BCUT2D eigenvalue weighted by molar-refractivity contribution is -0.109. The maximum Gasteiger partial charge on any atom is 0.185 e. The molecule has 0 spiro atoms. The highest BCUT2D eigenvalue weighted by atomic mass is 35.5.